The lowest BCUT2D eigenvalue weighted by Gasteiger charge is -2.02. The van der Waals surface area contributed by atoms with Crippen LogP contribution in [0.25, 0.3) is 0 Å². The molecule has 0 aromatic carbocycles. The number of nitrogens with zero attached hydrogens (tertiary/aromatic N) is 1. The maximum atomic E-state index is 5.76. The summed E-state index contributed by atoms with van der Waals surface area (Å²) in [7, 11) is 0. The summed E-state index contributed by atoms with van der Waals surface area (Å²) >= 11 is 11.0. The largest absolute Gasteiger partial charge is 0.365 e. The quantitative estimate of drug-likeness (QED) is 0.903. The van der Waals surface area contributed by atoms with Gasteiger partial charge in [-0.15, -0.1) is 11.3 Å². The number of aryl methyl sites for hydroxylation is 1. The first-order valence-electron chi connectivity index (χ1n) is 4.75. The van der Waals surface area contributed by atoms with E-state index in [9.17, 15) is 0 Å². The lowest BCUT2D eigenvalue weighted by Crippen LogP contribution is -1.98. The van der Waals surface area contributed by atoms with Gasteiger partial charge >= 0.3 is 0 Å². The predicted octanol–water partition coefficient (Wildman–Crippen LogP) is 4.48. The van der Waals surface area contributed by atoms with Gasteiger partial charge in [0.1, 0.15) is 5.82 Å². The fraction of sp³-hybridized carbons (Fsp3) is 0.182. The molecule has 5 heteroatoms. The number of anilines is 1. The average molecular weight is 318 g/mol. The third kappa shape index (κ3) is 2.97. The number of hydrogen-bond acceptors (Lipinski definition) is 3. The molecule has 2 rings (SSSR count). The van der Waals surface area contributed by atoms with Gasteiger partial charge in [0.2, 0.25) is 0 Å². The first kappa shape index (κ1) is 11.9. The molecule has 0 unspecified atom stereocenters. The molecule has 0 spiro atoms. The normalized spacial score (nSPS) is 10.4. The van der Waals surface area contributed by atoms with Crippen molar-refractivity contribution < 1.29 is 0 Å². The minimum absolute atomic E-state index is 0.653. The predicted molar refractivity (Wildman–Crippen MR) is 73.3 cm³/mol. The molecule has 0 bridgehead atoms. The Hall–Kier alpha value is -0.580. The van der Waals surface area contributed by atoms with Crippen molar-refractivity contribution in [2.24, 2.45) is 0 Å². The lowest BCUT2D eigenvalue weighted by atomic mass is 10.3. The van der Waals surface area contributed by atoms with Gasteiger partial charge in [0.15, 0.2) is 0 Å². The van der Waals surface area contributed by atoms with Gasteiger partial charge in [0, 0.05) is 11.1 Å². The third-order valence-corrected chi connectivity index (χ3v) is 4.44. The zero-order valence-corrected chi connectivity index (χ0v) is 11.8. The Kier molecular flexibility index (Phi) is 3.84. The smallest absolute Gasteiger partial charge is 0.126 e. The van der Waals surface area contributed by atoms with E-state index in [4.69, 9.17) is 11.6 Å². The van der Waals surface area contributed by atoms with Crippen molar-refractivity contribution in [3.05, 3.63) is 43.6 Å². The van der Waals surface area contributed by atoms with E-state index in [0.29, 0.717) is 5.02 Å². The van der Waals surface area contributed by atoms with E-state index in [1.165, 1.54) is 14.2 Å². The second-order valence-corrected chi connectivity index (χ2v) is 6.28. The number of thiophene rings is 1. The number of pyridine rings is 1. The van der Waals surface area contributed by atoms with Crippen LogP contribution in [0.1, 0.15) is 10.4 Å². The minimum atomic E-state index is 0.653. The molecule has 2 aromatic rings. The zero-order valence-electron chi connectivity index (χ0n) is 8.63. The summed E-state index contributed by atoms with van der Waals surface area (Å²) in [4.78, 5) is 5.45. The number of nitrogens with one attached hydrogen (secondary N) is 1. The molecule has 0 radical (unpaired) electrons. The highest BCUT2D eigenvalue weighted by atomic mass is 79.9. The highest BCUT2D eigenvalue weighted by Crippen LogP contribution is 2.27. The van der Waals surface area contributed by atoms with Crippen molar-refractivity contribution >= 4 is 44.7 Å². The summed E-state index contributed by atoms with van der Waals surface area (Å²) in [6, 6.07) is 5.86. The fourth-order valence-corrected chi connectivity index (χ4v) is 2.95. The summed E-state index contributed by atoms with van der Waals surface area (Å²) in [5, 5.41) is 3.90. The lowest BCUT2D eigenvalue weighted by molar-refractivity contribution is 1.14. The molecule has 2 nitrogen and oxygen atoms in total. The van der Waals surface area contributed by atoms with Crippen LogP contribution in [0, 0.1) is 6.92 Å². The molecular formula is C11H10BrClN2S. The molecule has 0 atom stereocenters. The molecule has 0 aliphatic rings. The maximum absolute atomic E-state index is 5.76. The molecule has 0 fully saturated rings. The van der Waals surface area contributed by atoms with Crippen LogP contribution in [-0.2, 0) is 6.54 Å². The summed E-state index contributed by atoms with van der Waals surface area (Å²) in [6.07, 6.45) is 1.64. The zero-order chi connectivity index (χ0) is 11.5. The second-order valence-electron chi connectivity index (χ2n) is 3.38. The summed E-state index contributed by atoms with van der Waals surface area (Å²) < 4.78 is 1.19. The van der Waals surface area contributed by atoms with Crippen LogP contribution >= 0.6 is 38.9 Å². The highest BCUT2D eigenvalue weighted by Gasteiger charge is 2.02. The van der Waals surface area contributed by atoms with Gasteiger partial charge in [-0.1, -0.05) is 11.6 Å². The van der Waals surface area contributed by atoms with Crippen molar-refractivity contribution in [3.63, 3.8) is 0 Å². The van der Waals surface area contributed by atoms with Crippen molar-refractivity contribution in [1.82, 2.24) is 4.98 Å². The van der Waals surface area contributed by atoms with Gasteiger partial charge in [0.05, 0.1) is 15.4 Å². The number of halogens is 2. The van der Waals surface area contributed by atoms with Gasteiger partial charge in [-0.2, -0.15) is 0 Å². The fourth-order valence-electron chi connectivity index (χ4n) is 1.27. The van der Waals surface area contributed by atoms with Gasteiger partial charge < -0.3 is 5.32 Å². The molecule has 84 valence electrons. The molecule has 0 amide bonds. The highest BCUT2D eigenvalue weighted by molar-refractivity contribution is 9.11. The minimum Gasteiger partial charge on any atom is -0.365 e. The average Bonchev–Trinajstić information content (AvgIpc) is 2.58. The van der Waals surface area contributed by atoms with E-state index in [1.807, 2.05) is 12.1 Å². The topological polar surface area (TPSA) is 24.9 Å². The van der Waals surface area contributed by atoms with Crippen molar-refractivity contribution in [2.45, 2.75) is 13.5 Å². The second kappa shape index (κ2) is 5.17. The molecule has 2 heterocycles. The Morgan fingerprint density at radius 3 is 2.88 bits per heavy atom. The Morgan fingerprint density at radius 2 is 2.31 bits per heavy atom. The summed E-state index contributed by atoms with van der Waals surface area (Å²) in [6.45, 7) is 2.87. The van der Waals surface area contributed by atoms with E-state index < -0.39 is 0 Å². The van der Waals surface area contributed by atoms with Crippen LogP contribution in [0.4, 0.5) is 5.82 Å². The molecule has 16 heavy (non-hydrogen) atoms. The molecule has 0 saturated carbocycles. The van der Waals surface area contributed by atoms with E-state index in [1.54, 1.807) is 17.5 Å². The van der Waals surface area contributed by atoms with Crippen LogP contribution in [0.15, 0.2) is 28.2 Å². The monoisotopic (exact) mass is 316 g/mol. The van der Waals surface area contributed by atoms with E-state index >= 15 is 0 Å². The molecule has 0 saturated heterocycles. The van der Waals surface area contributed by atoms with Crippen LogP contribution in [0.3, 0.4) is 0 Å². The first-order valence-corrected chi connectivity index (χ1v) is 6.74. The summed E-state index contributed by atoms with van der Waals surface area (Å²) in [5.41, 5.74) is 1.27. The van der Waals surface area contributed by atoms with Gasteiger partial charge in [0.25, 0.3) is 0 Å². The van der Waals surface area contributed by atoms with Crippen LogP contribution in [0.2, 0.25) is 5.02 Å². The van der Waals surface area contributed by atoms with Crippen molar-refractivity contribution in [3.8, 4) is 0 Å². The Bertz CT molecular complexity index is 462. The molecule has 0 aliphatic carbocycles. The number of rotatable bonds is 3. The van der Waals surface area contributed by atoms with E-state index in [-0.39, 0.29) is 0 Å². The maximum Gasteiger partial charge on any atom is 0.126 e. The number of hydrogen-bond donors (Lipinski definition) is 1. The van der Waals surface area contributed by atoms with Crippen LogP contribution in [0.5, 0.6) is 0 Å². The standard InChI is InChI=1S/C11H10BrClN2S/c1-7-4-9(16-11(7)12)6-15-10-3-2-8(13)5-14-10/h2-5H,6H2,1H3,(H,14,15). The van der Waals surface area contributed by atoms with Crippen LogP contribution in [-0.4, -0.2) is 4.98 Å². The summed E-state index contributed by atoms with van der Waals surface area (Å²) in [5.74, 6) is 0.839. The molecule has 0 aliphatic heterocycles. The van der Waals surface area contributed by atoms with E-state index in [0.717, 1.165) is 12.4 Å². The molecular weight excluding hydrogens is 308 g/mol. The Morgan fingerprint density at radius 1 is 1.50 bits per heavy atom. The molecule has 2 aromatic heterocycles. The molecule has 1 N–H and O–H groups in total. The third-order valence-electron chi connectivity index (χ3n) is 2.08. The van der Waals surface area contributed by atoms with Gasteiger partial charge in [-0.3, -0.25) is 0 Å². The van der Waals surface area contributed by atoms with Crippen molar-refractivity contribution in [1.29, 1.82) is 0 Å². The van der Waals surface area contributed by atoms with Gasteiger partial charge in [-0.25, -0.2) is 4.98 Å². The van der Waals surface area contributed by atoms with Crippen LogP contribution < -0.4 is 5.32 Å². The van der Waals surface area contributed by atoms with Gasteiger partial charge in [-0.05, 0) is 46.6 Å². The number of aromatic nitrogens is 1. The Balaban J connectivity index is 1.99. The first-order chi connectivity index (χ1) is 7.65. The van der Waals surface area contributed by atoms with Crippen molar-refractivity contribution in [2.75, 3.05) is 5.32 Å². The Labute approximate surface area is 112 Å². The van der Waals surface area contributed by atoms with E-state index in [2.05, 4.69) is 39.2 Å². The SMILES string of the molecule is Cc1cc(CNc2ccc(Cl)cn2)sc1Br.